The number of fused-ring (bicyclic) bond motifs is 1. The lowest BCUT2D eigenvalue weighted by Crippen LogP contribution is -1.85. The van der Waals surface area contributed by atoms with Crippen molar-refractivity contribution >= 4 is 44.8 Å². The van der Waals surface area contributed by atoms with Gasteiger partial charge in [-0.15, -0.1) is 0 Å². The molecule has 0 radical (unpaired) electrons. The van der Waals surface area contributed by atoms with E-state index in [2.05, 4.69) is 20.9 Å². The van der Waals surface area contributed by atoms with Gasteiger partial charge in [0.05, 0.1) is 15.7 Å². The predicted octanol–water partition coefficient (Wildman–Crippen LogP) is 5.38. The summed E-state index contributed by atoms with van der Waals surface area (Å²) in [5, 5.41) is 1.07. The molecule has 0 amide bonds. The Morgan fingerprint density at radius 2 is 2.00 bits per heavy atom. The first-order valence-electron chi connectivity index (χ1n) is 5.65. The van der Waals surface area contributed by atoms with Gasteiger partial charge in [-0.1, -0.05) is 35.3 Å². The van der Waals surface area contributed by atoms with E-state index in [0.29, 0.717) is 10.0 Å². The van der Waals surface area contributed by atoms with Crippen LogP contribution in [0.2, 0.25) is 10.0 Å². The van der Waals surface area contributed by atoms with E-state index in [1.54, 1.807) is 6.07 Å². The van der Waals surface area contributed by atoms with Crippen LogP contribution >= 0.6 is 39.1 Å². The predicted molar refractivity (Wildman–Crippen MR) is 83.1 cm³/mol. The summed E-state index contributed by atoms with van der Waals surface area (Å²) < 4.78 is 3.00. The van der Waals surface area contributed by atoms with Crippen molar-refractivity contribution in [3.8, 4) is 11.3 Å². The second-order valence-electron chi connectivity index (χ2n) is 4.30. The molecule has 19 heavy (non-hydrogen) atoms. The number of imidazole rings is 1. The highest BCUT2D eigenvalue weighted by Gasteiger charge is 2.11. The molecular weight excluding hydrogens is 347 g/mol. The van der Waals surface area contributed by atoms with Gasteiger partial charge >= 0.3 is 0 Å². The Bertz CT molecular complexity index is 741. The standard InChI is InChI=1S/C14H9BrCl2N2/c1-8-5-13-18-12(7-19(13)6-10(8)15)9-3-2-4-11(16)14(9)17/h2-7H,1H3. The number of hydrogen-bond acceptors (Lipinski definition) is 1. The summed E-state index contributed by atoms with van der Waals surface area (Å²) in [6.45, 7) is 2.03. The summed E-state index contributed by atoms with van der Waals surface area (Å²) in [6, 6.07) is 7.57. The smallest absolute Gasteiger partial charge is 0.137 e. The minimum absolute atomic E-state index is 0.531. The molecule has 0 saturated heterocycles. The largest absolute Gasteiger partial charge is 0.305 e. The molecule has 0 N–H and O–H groups in total. The first-order valence-corrected chi connectivity index (χ1v) is 7.20. The maximum atomic E-state index is 6.23. The van der Waals surface area contributed by atoms with Crippen molar-refractivity contribution in [1.82, 2.24) is 9.38 Å². The minimum Gasteiger partial charge on any atom is -0.305 e. The normalized spacial score (nSPS) is 11.2. The fourth-order valence-electron chi connectivity index (χ4n) is 1.94. The lowest BCUT2D eigenvalue weighted by molar-refractivity contribution is 1.16. The number of aryl methyl sites for hydroxylation is 1. The van der Waals surface area contributed by atoms with Crippen LogP contribution < -0.4 is 0 Å². The van der Waals surface area contributed by atoms with Crippen molar-refractivity contribution in [2.45, 2.75) is 6.92 Å². The van der Waals surface area contributed by atoms with Gasteiger partial charge < -0.3 is 4.40 Å². The van der Waals surface area contributed by atoms with E-state index in [9.17, 15) is 0 Å². The molecule has 0 unspecified atom stereocenters. The van der Waals surface area contributed by atoms with E-state index >= 15 is 0 Å². The molecular formula is C14H9BrCl2N2. The van der Waals surface area contributed by atoms with Gasteiger partial charge in [0.2, 0.25) is 0 Å². The maximum Gasteiger partial charge on any atom is 0.137 e. The average molecular weight is 356 g/mol. The number of pyridine rings is 1. The van der Waals surface area contributed by atoms with Gasteiger partial charge in [-0.05, 0) is 40.5 Å². The van der Waals surface area contributed by atoms with Crippen molar-refractivity contribution in [2.24, 2.45) is 0 Å². The molecule has 3 aromatic rings. The van der Waals surface area contributed by atoms with E-state index in [1.165, 1.54) is 0 Å². The Morgan fingerprint density at radius 3 is 2.79 bits per heavy atom. The van der Waals surface area contributed by atoms with Crippen molar-refractivity contribution in [2.75, 3.05) is 0 Å². The quantitative estimate of drug-likeness (QED) is 0.572. The molecule has 0 saturated carbocycles. The van der Waals surface area contributed by atoms with E-state index < -0.39 is 0 Å². The molecule has 1 aromatic carbocycles. The van der Waals surface area contributed by atoms with Crippen LogP contribution in [0.3, 0.4) is 0 Å². The Kier molecular flexibility index (Phi) is 3.29. The third kappa shape index (κ3) is 2.27. The fraction of sp³-hybridized carbons (Fsp3) is 0.0714. The van der Waals surface area contributed by atoms with Gasteiger partial charge in [0.1, 0.15) is 5.65 Å². The van der Waals surface area contributed by atoms with Crippen molar-refractivity contribution in [3.63, 3.8) is 0 Å². The average Bonchev–Trinajstić information content (AvgIpc) is 2.76. The Labute approximate surface area is 129 Å². The highest BCUT2D eigenvalue weighted by Crippen LogP contribution is 2.33. The Balaban J connectivity index is 2.23. The SMILES string of the molecule is Cc1cc2nc(-c3cccc(Cl)c3Cl)cn2cc1Br. The molecule has 0 aliphatic carbocycles. The van der Waals surface area contributed by atoms with Crippen LogP contribution in [0.15, 0.2) is 41.1 Å². The second kappa shape index (κ2) is 4.82. The van der Waals surface area contributed by atoms with Crippen LogP contribution in [0.5, 0.6) is 0 Å². The summed E-state index contributed by atoms with van der Waals surface area (Å²) in [4.78, 5) is 4.59. The molecule has 0 aliphatic rings. The number of benzene rings is 1. The maximum absolute atomic E-state index is 6.23. The molecule has 96 valence electrons. The van der Waals surface area contributed by atoms with Gasteiger partial charge in [0.15, 0.2) is 0 Å². The van der Waals surface area contributed by atoms with Gasteiger partial charge in [-0.2, -0.15) is 0 Å². The van der Waals surface area contributed by atoms with Crippen LogP contribution in [-0.2, 0) is 0 Å². The number of aromatic nitrogens is 2. The molecule has 5 heteroatoms. The summed E-state index contributed by atoms with van der Waals surface area (Å²) in [5.74, 6) is 0. The van der Waals surface area contributed by atoms with Gasteiger partial charge in [-0.25, -0.2) is 4.98 Å². The third-order valence-corrected chi connectivity index (χ3v) is 4.61. The van der Waals surface area contributed by atoms with Crippen molar-refractivity contribution in [3.05, 3.63) is 56.7 Å². The monoisotopic (exact) mass is 354 g/mol. The summed E-state index contributed by atoms with van der Waals surface area (Å²) in [6.07, 6.45) is 3.93. The van der Waals surface area contributed by atoms with E-state index in [-0.39, 0.29) is 0 Å². The van der Waals surface area contributed by atoms with Crippen LogP contribution in [0.1, 0.15) is 5.56 Å². The van der Waals surface area contributed by atoms with Crippen molar-refractivity contribution in [1.29, 1.82) is 0 Å². The Morgan fingerprint density at radius 1 is 1.21 bits per heavy atom. The highest BCUT2D eigenvalue weighted by atomic mass is 79.9. The highest BCUT2D eigenvalue weighted by molar-refractivity contribution is 9.10. The fourth-order valence-corrected chi connectivity index (χ4v) is 2.67. The van der Waals surface area contributed by atoms with Gasteiger partial charge in [0, 0.05) is 22.4 Å². The zero-order valence-electron chi connectivity index (χ0n) is 9.99. The molecule has 2 nitrogen and oxygen atoms in total. The van der Waals surface area contributed by atoms with E-state index in [4.69, 9.17) is 23.2 Å². The number of halogens is 3. The zero-order valence-corrected chi connectivity index (χ0v) is 13.1. The van der Waals surface area contributed by atoms with Gasteiger partial charge in [-0.3, -0.25) is 0 Å². The molecule has 0 aliphatic heterocycles. The molecule has 0 atom stereocenters. The molecule has 0 fully saturated rings. The third-order valence-electron chi connectivity index (χ3n) is 2.96. The van der Waals surface area contributed by atoms with Crippen LogP contribution in [0.25, 0.3) is 16.9 Å². The molecule has 2 aromatic heterocycles. The lowest BCUT2D eigenvalue weighted by atomic mass is 10.2. The minimum atomic E-state index is 0.531. The van der Waals surface area contributed by atoms with E-state index in [0.717, 1.165) is 26.9 Å². The number of rotatable bonds is 1. The van der Waals surface area contributed by atoms with Crippen LogP contribution in [-0.4, -0.2) is 9.38 Å². The number of hydrogen-bond donors (Lipinski definition) is 0. The van der Waals surface area contributed by atoms with Crippen LogP contribution in [0.4, 0.5) is 0 Å². The van der Waals surface area contributed by atoms with E-state index in [1.807, 2.05) is 41.9 Å². The second-order valence-corrected chi connectivity index (χ2v) is 5.94. The topological polar surface area (TPSA) is 17.3 Å². The van der Waals surface area contributed by atoms with Crippen LogP contribution in [0, 0.1) is 6.92 Å². The zero-order chi connectivity index (χ0) is 13.6. The van der Waals surface area contributed by atoms with Gasteiger partial charge in [0.25, 0.3) is 0 Å². The first-order chi connectivity index (χ1) is 9.06. The number of nitrogens with zero attached hydrogens (tertiary/aromatic N) is 2. The molecule has 0 bridgehead atoms. The summed E-state index contributed by atoms with van der Waals surface area (Å²) >= 11 is 15.8. The lowest BCUT2D eigenvalue weighted by Gasteiger charge is -2.01. The molecule has 3 rings (SSSR count). The molecule has 2 heterocycles. The summed E-state index contributed by atoms with van der Waals surface area (Å²) in [7, 11) is 0. The van der Waals surface area contributed by atoms with Crippen molar-refractivity contribution < 1.29 is 0 Å². The Hall–Kier alpha value is -1.03. The first kappa shape index (κ1) is 13.0. The molecule has 0 spiro atoms. The summed E-state index contributed by atoms with van der Waals surface area (Å²) in [5.41, 5.74) is 3.67.